The second kappa shape index (κ2) is 14.5. The van der Waals surface area contributed by atoms with Gasteiger partial charge < -0.3 is 34.1 Å². The molecule has 5 heterocycles. The van der Waals surface area contributed by atoms with E-state index in [0.29, 0.717) is 50.2 Å². The molecule has 292 valence electrons. The fourth-order valence-corrected chi connectivity index (χ4v) is 8.24. The Kier molecular flexibility index (Phi) is 10.1. The summed E-state index contributed by atoms with van der Waals surface area (Å²) in [5, 5.41) is 8.80. The molecule has 4 fully saturated rings. The van der Waals surface area contributed by atoms with Crippen LogP contribution in [-0.2, 0) is 20.8 Å². The third-order valence-electron chi connectivity index (χ3n) is 11.1. The van der Waals surface area contributed by atoms with Gasteiger partial charge in [0.2, 0.25) is 5.88 Å². The lowest BCUT2D eigenvalue weighted by Crippen LogP contribution is -2.59. The van der Waals surface area contributed by atoms with Crippen LogP contribution in [0, 0.1) is 5.92 Å². The lowest BCUT2D eigenvalue weighted by atomic mass is 9.89. The number of anilines is 1. The molecule has 4 aliphatic rings. The molecule has 54 heavy (non-hydrogen) atoms. The van der Waals surface area contributed by atoms with Gasteiger partial charge in [0, 0.05) is 24.8 Å². The Morgan fingerprint density at radius 1 is 0.926 bits per heavy atom. The summed E-state index contributed by atoms with van der Waals surface area (Å²) in [5.41, 5.74) is 1.22. The van der Waals surface area contributed by atoms with Gasteiger partial charge in [0.25, 0.3) is 0 Å². The Bertz CT molecular complexity index is 1850. The van der Waals surface area contributed by atoms with E-state index in [1.807, 2.05) is 61.7 Å². The van der Waals surface area contributed by atoms with E-state index in [0.717, 1.165) is 49.0 Å². The molecule has 1 N–H and O–H groups in total. The molecule has 3 saturated heterocycles. The van der Waals surface area contributed by atoms with Crippen LogP contribution in [0.4, 0.5) is 20.2 Å². The number of hydrogen-bond acceptors (Lipinski definition) is 10. The van der Waals surface area contributed by atoms with Crippen molar-refractivity contribution in [3.63, 3.8) is 0 Å². The van der Waals surface area contributed by atoms with Crippen LogP contribution in [0.3, 0.4) is 0 Å². The number of amides is 3. The maximum absolute atomic E-state index is 13.4. The quantitative estimate of drug-likeness (QED) is 0.244. The number of carbonyl (C=O) groups excluding carboxylic acids is 3. The highest BCUT2D eigenvalue weighted by Gasteiger charge is 2.48. The topological polar surface area (TPSA) is 140 Å². The summed E-state index contributed by atoms with van der Waals surface area (Å²) in [7, 11) is 0. The molecule has 3 aromatic rings. The number of nitrogens with zero attached hydrogens (tertiary/aromatic N) is 6. The maximum Gasteiger partial charge on any atom is 0.410 e. The van der Waals surface area contributed by atoms with Gasteiger partial charge in [-0.1, -0.05) is 44.2 Å². The number of benzene rings is 1. The van der Waals surface area contributed by atoms with Crippen molar-refractivity contribution in [2.75, 3.05) is 38.0 Å². The molecule has 1 aromatic carbocycles. The van der Waals surface area contributed by atoms with E-state index >= 15 is 0 Å². The standard InChI is InChI=1S/C40H55N7O7/c1-26(2)32-33-41-18-15-31(42-40-17-13-28(19-40)20-45(25-40)35(48)53-30-21-44(22-30)36(49)54-38(3,4)5)47(33)43-34(32)52-29-14-16-39(6,7)46(23-29)37(50)51-24-27-11-9-8-10-12-27/h8-12,15,18,26,28-30,42H,13-14,16-17,19-25H2,1-7H3/t28?,29-,40?/m1/s1. The predicted molar refractivity (Wildman–Crippen MR) is 201 cm³/mol. The fourth-order valence-electron chi connectivity index (χ4n) is 8.24. The van der Waals surface area contributed by atoms with Crippen LogP contribution < -0.4 is 10.1 Å². The van der Waals surface area contributed by atoms with Gasteiger partial charge in [0.1, 0.15) is 30.2 Å². The highest BCUT2D eigenvalue weighted by atomic mass is 16.6. The third-order valence-corrected chi connectivity index (χ3v) is 11.1. The van der Waals surface area contributed by atoms with Crippen LogP contribution in [0.1, 0.15) is 97.6 Å². The molecule has 0 spiro atoms. The van der Waals surface area contributed by atoms with Crippen LogP contribution in [0.2, 0.25) is 0 Å². The van der Waals surface area contributed by atoms with Gasteiger partial charge in [0.05, 0.1) is 30.7 Å². The summed E-state index contributed by atoms with van der Waals surface area (Å²) in [6.45, 7) is 16.2. The van der Waals surface area contributed by atoms with Gasteiger partial charge in [-0.15, -0.1) is 5.10 Å². The second-order valence-corrected chi connectivity index (χ2v) is 17.5. The largest absolute Gasteiger partial charge is 0.471 e. The average molecular weight is 746 g/mol. The van der Waals surface area contributed by atoms with E-state index in [2.05, 4.69) is 33.0 Å². The maximum atomic E-state index is 13.4. The minimum Gasteiger partial charge on any atom is -0.471 e. The molecule has 2 unspecified atom stereocenters. The zero-order chi connectivity index (χ0) is 38.4. The fraction of sp³-hybridized carbons (Fsp3) is 0.625. The predicted octanol–water partition coefficient (Wildman–Crippen LogP) is 6.83. The molecule has 2 aromatic heterocycles. The number of nitrogens with one attached hydrogen (secondary N) is 1. The molecule has 14 heteroatoms. The van der Waals surface area contributed by atoms with Crippen molar-refractivity contribution in [3.05, 3.63) is 53.7 Å². The minimum atomic E-state index is -0.580. The smallest absolute Gasteiger partial charge is 0.410 e. The summed E-state index contributed by atoms with van der Waals surface area (Å²) >= 11 is 0. The number of piperidine rings is 2. The van der Waals surface area contributed by atoms with Crippen LogP contribution in [0.15, 0.2) is 42.6 Å². The van der Waals surface area contributed by atoms with E-state index < -0.39 is 11.7 Å². The molecular formula is C40H55N7O7. The molecule has 1 aliphatic carbocycles. The highest BCUT2D eigenvalue weighted by Crippen LogP contribution is 2.43. The summed E-state index contributed by atoms with van der Waals surface area (Å²) in [4.78, 5) is 49.0. The molecular weight excluding hydrogens is 690 g/mol. The molecule has 3 aliphatic heterocycles. The SMILES string of the molecule is CC(C)c1c(O[C@@H]2CCC(C)(C)N(C(=O)OCc3ccccc3)C2)nn2c(NC34CCC(CN(C(=O)OC5CN(C(=O)OC(C)(C)C)C5)C3)C4)ccnc12. The monoisotopic (exact) mass is 745 g/mol. The summed E-state index contributed by atoms with van der Waals surface area (Å²) in [6.07, 6.45) is 4.37. The Morgan fingerprint density at radius 3 is 2.41 bits per heavy atom. The zero-order valence-electron chi connectivity index (χ0n) is 32.7. The van der Waals surface area contributed by atoms with Gasteiger partial charge in [-0.25, -0.2) is 19.4 Å². The molecule has 0 radical (unpaired) electrons. The summed E-state index contributed by atoms with van der Waals surface area (Å²) in [5.74, 6) is 1.69. The Balaban J connectivity index is 1.03. The number of ether oxygens (including phenoxy) is 4. The Labute approximate surface area is 317 Å². The van der Waals surface area contributed by atoms with E-state index in [1.165, 1.54) is 0 Å². The van der Waals surface area contributed by atoms with Crippen molar-refractivity contribution in [2.24, 2.45) is 5.92 Å². The van der Waals surface area contributed by atoms with Crippen molar-refractivity contribution in [3.8, 4) is 5.88 Å². The van der Waals surface area contributed by atoms with Crippen molar-refractivity contribution >= 4 is 29.7 Å². The normalized spacial score (nSPS) is 24.0. The number of aromatic nitrogens is 3. The number of rotatable bonds is 8. The van der Waals surface area contributed by atoms with E-state index in [-0.39, 0.29) is 48.0 Å². The first-order chi connectivity index (χ1) is 25.6. The second-order valence-electron chi connectivity index (χ2n) is 17.5. The van der Waals surface area contributed by atoms with Crippen LogP contribution >= 0.6 is 0 Å². The minimum absolute atomic E-state index is 0.0685. The van der Waals surface area contributed by atoms with E-state index in [4.69, 9.17) is 29.0 Å². The van der Waals surface area contributed by atoms with Crippen molar-refractivity contribution in [2.45, 2.75) is 122 Å². The molecule has 1 saturated carbocycles. The lowest BCUT2D eigenvalue weighted by molar-refractivity contribution is -0.0460. The molecule has 14 nitrogen and oxygen atoms in total. The molecule has 3 amide bonds. The van der Waals surface area contributed by atoms with Gasteiger partial charge >= 0.3 is 18.3 Å². The zero-order valence-corrected chi connectivity index (χ0v) is 32.7. The average Bonchev–Trinajstić information content (AvgIpc) is 3.61. The number of carbonyl (C=O) groups is 3. The van der Waals surface area contributed by atoms with Gasteiger partial charge in [0.15, 0.2) is 5.65 Å². The Hall–Kier alpha value is -4.75. The molecule has 2 bridgehead atoms. The van der Waals surface area contributed by atoms with Gasteiger partial charge in [-0.2, -0.15) is 4.52 Å². The first kappa shape index (κ1) is 37.6. The van der Waals surface area contributed by atoms with Crippen molar-refractivity contribution in [1.82, 2.24) is 29.3 Å². The van der Waals surface area contributed by atoms with Crippen LogP contribution in [0.5, 0.6) is 5.88 Å². The van der Waals surface area contributed by atoms with Gasteiger partial charge in [-0.05, 0) is 90.2 Å². The van der Waals surface area contributed by atoms with Gasteiger partial charge in [-0.3, -0.25) is 4.90 Å². The molecule has 3 atom stereocenters. The van der Waals surface area contributed by atoms with Crippen LogP contribution in [0.25, 0.3) is 5.65 Å². The van der Waals surface area contributed by atoms with E-state index in [9.17, 15) is 14.4 Å². The highest BCUT2D eigenvalue weighted by molar-refractivity contribution is 5.71. The number of likely N-dealkylation sites (tertiary alicyclic amines) is 3. The van der Waals surface area contributed by atoms with E-state index in [1.54, 1.807) is 20.9 Å². The summed E-state index contributed by atoms with van der Waals surface area (Å²) < 4.78 is 25.5. The van der Waals surface area contributed by atoms with Crippen LogP contribution in [-0.4, -0.2) is 109 Å². The Morgan fingerprint density at radius 2 is 1.69 bits per heavy atom. The number of fused-ring (bicyclic) bond motifs is 3. The lowest BCUT2D eigenvalue weighted by Gasteiger charge is -2.44. The number of hydrogen-bond donors (Lipinski definition) is 1. The van der Waals surface area contributed by atoms with Crippen molar-refractivity contribution in [1.29, 1.82) is 0 Å². The third kappa shape index (κ3) is 8.02. The summed E-state index contributed by atoms with van der Waals surface area (Å²) in [6, 6.07) is 11.6. The first-order valence-electron chi connectivity index (χ1n) is 19.3. The molecule has 7 rings (SSSR count). The first-order valence-corrected chi connectivity index (χ1v) is 19.3. The van der Waals surface area contributed by atoms with Crippen molar-refractivity contribution < 1.29 is 33.3 Å².